The zero-order valence-corrected chi connectivity index (χ0v) is 13.4. The Morgan fingerprint density at radius 3 is 2.30 bits per heavy atom. The van der Waals surface area contributed by atoms with E-state index in [2.05, 4.69) is 33.0 Å². The van der Waals surface area contributed by atoms with Crippen LogP contribution in [0.15, 0.2) is 24.3 Å². The highest BCUT2D eigenvalue weighted by Crippen LogP contribution is 2.21. The van der Waals surface area contributed by atoms with Crippen molar-refractivity contribution in [3.05, 3.63) is 29.8 Å². The van der Waals surface area contributed by atoms with Crippen molar-refractivity contribution in [3.8, 4) is 0 Å². The van der Waals surface area contributed by atoms with Crippen molar-refractivity contribution < 1.29 is 4.79 Å². The minimum Gasteiger partial charge on any atom is -0.387 e. The Labute approximate surface area is 123 Å². The van der Waals surface area contributed by atoms with Gasteiger partial charge in [-0.2, -0.15) is 0 Å². The Morgan fingerprint density at radius 2 is 1.80 bits per heavy atom. The minimum absolute atomic E-state index is 0.136. The molecule has 1 aromatic carbocycles. The number of nitrogens with one attached hydrogen (secondary N) is 1. The lowest BCUT2D eigenvalue weighted by atomic mass is 10.0. The Balaban J connectivity index is 3.09. The van der Waals surface area contributed by atoms with Crippen LogP contribution >= 0.6 is 0 Å². The summed E-state index contributed by atoms with van der Waals surface area (Å²) in [6, 6.07) is 8.05. The molecule has 0 atom stereocenters. The fourth-order valence-electron chi connectivity index (χ4n) is 2.56. The smallest absolute Gasteiger partial charge is 0.256 e. The highest BCUT2D eigenvalue weighted by Gasteiger charge is 2.24. The molecule has 0 saturated heterocycles. The quantitative estimate of drug-likeness (QED) is 0.816. The van der Waals surface area contributed by atoms with E-state index in [1.165, 1.54) is 0 Å². The van der Waals surface area contributed by atoms with Gasteiger partial charge in [-0.15, -0.1) is 0 Å². The molecule has 0 heterocycles. The first-order chi connectivity index (χ1) is 9.54. The van der Waals surface area contributed by atoms with E-state index in [1.807, 2.05) is 36.2 Å². The van der Waals surface area contributed by atoms with Crippen LogP contribution in [0.1, 0.15) is 50.9 Å². The molecule has 3 nitrogen and oxygen atoms in total. The summed E-state index contributed by atoms with van der Waals surface area (Å²) in [4.78, 5) is 14.9. The molecule has 1 amide bonds. The monoisotopic (exact) mass is 276 g/mol. The number of hydrogen-bond acceptors (Lipinski definition) is 2. The topological polar surface area (TPSA) is 32.3 Å². The van der Waals surface area contributed by atoms with Crippen LogP contribution in [0.4, 0.5) is 5.69 Å². The summed E-state index contributed by atoms with van der Waals surface area (Å²) in [6.45, 7) is 9.43. The molecule has 0 saturated carbocycles. The molecular weight excluding hydrogens is 248 g/mol. The van der Waals surface area contributed by atoms with E-state index in [1.54, 1.807) is 0 Å². The van der Waals surface area contributed by atoms with E-state index in [9.17, 15) is 4.79 Å². The van der Waals surface area contributed by atoms with Gasteiger partial charge in [0.1, 0.15) is 0 Å². The molecule has 0 radical (unpaired) electrons. The second-order valence-corrected chi connectivity index (χ2v) is 5.62. The average molecular weight is 276 g/mol. The maximum atomic E-state index is 12.9. The SMILES string of the molecule is CCC(CC)N(CC(C)C)C(=O)c1ccccc1NC. The number of carbonyl (C=O) groups is 1. The van der Waals surface area contributed by atoms with Gasteiger partial charge < -0.3 is 10.2 Å². The van der Waals surface area contributed by atoms with E-state index in [4.69, 9.17) is 0 Å². The third-order valence-corrected chi connectivity index (χ3v) is 3.63. The predicted molar refractivity (Wildman–Crippen MR) is 86.2 cm³/mol. The molecule has 3 heteroatoms. The number of benzene rings is 1. The van der Waals surface area contributed by atoms with Crippen LogP contribution in [0.2, 0.25) is 0 Å². The van der Waals surface area contributed by atoms with Gasteiger partial charge in [0.2, 0.25) is 0 Å². The lowest BCUT2D eigenvalue weighted by Crippen LogP contribution is -2.42. The summed E-state index contributed by atoms with van der Waals surface area (Å²) < 4.78 is 0. The van der Waals surface area contributed by atoms with E-state index in [0.717, 1.165) is 30.6 Å². The Kier molecular flexibility index (Phi) is 6.56. The van der Waals surface area contributed by atoms with Crippen molar-refractivity contribution in [2.45, 2.75) is 46.6 Å². The van der Waals surface area contributed by atoms with Crippen molar-refractivity contribution in [2.24, 2.45) is 5.92 Å². The molecule has 1 aromatic rings. The standard InChI is InChI=1S/C17H28N2O/c1-6-14(7-2)19(12-13(3)4)17(20)15-10-8-9-11-16(15)18-5/h8-11,13-14,18H,6-7,12H2,1-5H3. The second-order valence-electron chi connectivity index (χ2n) is 5.62. The fraction of sp³-hybridized carbons (Fsp3) is 0.588. The van der Waals surface area contributed by atoms with Gasteiger partial charge >= 0.3 is 0 Å². The van der Waals surface area contributed by atoms with E-state index in [-0.39, 0.29) is 5.91 Å². The number of hydrogen-bond donors (Lipinski definition) is 1. The molecular formula is C17H28N2O. The van der Waals surface area contributed by atoms with Gasteiger partial charge in [-0.25, -0.2) is 0 Å². The van der Waals surface area contributed by atoms with Crippen molar-refractivity contribution in [2.75, 3.05) is 18.9 Å². The molecule has 0 bridgehead atoms. The van der Waals surface area contributed by atoms with Crippen LogP contribution < -0.4 is 5.32 Å². The van der Waals surface area contributed by atoms with E-state index in [0.29, 0.717) is 12.0 Å². The molecule has 0 fully saturated rings. The molecule has 0 aliphatic carbocycles. The zero-order chi connectivity index (χ0) is 15.1. The molecule has 1 N–H and O–H groups in total. The van der Waals surface area contributed by atoms with E-state index >= 15 is 0 Å². The van der Waals surface area contributed by atoms with Crippen LogP contribution in [-0.4, -0.2) is 30.4 Å². The minimum atomic E-state index is 0.136. The lowest BCUT2D eigenvalue weighted by molar-refractivity contribution is 0.0641. The molecule has 20 heavy (non-hydrogen) atoms. The summed E-state index contributed by atoms with van der Waals surface area (Å²) in [6.07, 6.45) is 1.99. The van der Waals surface area contributed by atoms with Crippen LogP contribution in [0.3, 0.4) is 0 Å². The van der Waals surface area contributed by atoms with Crippen molar-refractivity contribution in [1.82, 2.24) is 4.90 Å². The maximum absolute atomic E-state index is 12.9. The van der Waals surface area contributed by atoms with Crippen molar-refractivity contribution in [1.29, 1.82) is 0 Å². The van der Waals surface area contributed by atoms with Gasteiger partial charge in [0.15, 0.2) is 0 Å². The van der Waals surface area contributed by atoms with Crippen LogP contribution in [0, 0.1) is 5.92 Å². The molecule has 0 spiro atoms. The first-order valence-corrected chi connectivity index (χ1v) is 7.62. The number of rotatable bonds is 7. The van der Waals surface area contributed by atoms with E-state index < -0.39 is 0 Å². The molecule has 0 aliphatic heterocycles. The van der Waals surface area contributed by atoms with Crippen LogP contribution in [0.5, 0.6) is 0 Å². The predicted octanol–water partition coefficient (Wildman–Crippen LogP) is 4.02. The molecule has 0 aliphatic rings. The highest BCUT2D eigenvalue weighted by molar-refractivity contribution is 5.99. The van der Waals surface area contributed by atoms with Gasteiger partial charge in [0, 0.05) is 25.3 Å². The summed E-state index contributed by atoms with van der Waals surface area (Å²) in [5, 5.41) is 3.11. The largest absolute Gasteiger partial charge is 0.387 e. The first-order valence-electron chi connectivity index (χ1n) is 7.62. The zero-order valence-electron chi connectivity index (χ0n) is 13.4. The Bertz CT molecular complexity index is 425. The average Bonchev–Trinajstić information content (AvgIpc) is 2.46. The molecule has 0 aromatic heterocycles. The summed E-state index contributed by atoms with van der Waals surface area (Å²) in [5.74, 6) is 0.610. The molecule has 112 valence electrons. The van der Waals surface area contributed by atoms with Crippen LogP contribution in [0.25, 0.3) is 0 Å². The van der Waals surface area contributed by atoms with Crippen molar-refractivity contribution in [3.63, 3.8) is 0 Å². The third kappa shape index (κ3) is 3.99. The van der Waals surface area contributed by atoms with Gasteiger partial charge in [-0.3, -0.25) is 4.79 Å². The van der Waals surface area contributed by atoms with Crippen LogP contribution in [-0.2, 0) is 0 Å². The normalized spacial score (nSPS) is 10.9. The second kappa shape index (κ2) is 7.93. The fourth-order valence-corrected chi connectivity index (χ4v) is 2.56. The van der Waals surface area contributed by atoms with Gasteiger partial charge in [0.05, 0.1) is 5.56 Å². The number of para-hydroxylation sites is 1. The van der Waals surface area contributed by atoms with Crippen molar-refractivity contribution >= 4 is 11.6 Å². The first kappa shape index (κ1) is 16.5. The summed E-state index contributed by atoms with van der Waals surface area (Å²) >= 11 is 0. The van der Waals surface area contributed by atoms with Gasteiger partial charge in [-0.1, -0.05) is 39.8 Å². The number of carbonyl (C=O) groups excluding carboxylic acids is 1. The maximum Gasteiger partial charge on any atom is 0.256 e. The Morgan fingerprint density at radius 1 is 1.20 bits per heavy atom. The highest BCUT2D eigenvalue weighted by atomic mass is 16.2. The number of amides is 1. The lowest BCUT2D eigenvalue weighted by Gasteiger charge is -2.32. The number of nitrogens with zero attached hydrogens (tertiary/aromatic N) is 1. The number of anilines is 1. The summed E-state index contributed by atoms with van der Waals surface area (Å²) in [7, 11) is 1.86. The Hall–Kier alpha value is -1.51. The third-order valence-electron chi connectivity index (χ3n) is 3.63. The molecule has 0 unspecified atom stereocenters. The van der Waals surface area contributed by atoms with Gasteiger partial charge in [-0.05, 0) is 30.9 Å². The van der Waals surface area contributed by atoms with Gasteiger partial charge in [0.25, 0.3) is 5.91 Å². The summed E-state index contributed by atoms with van der Waals surface area (Å²) in [5.41, 5.74) is 1.67. The molecule has 1 rings (SSSR count).